The zero-order valence-corrected chi connectivity index (χ0v) is 11.2. The second-order valence-corrected chi connectivity index (χ2v) is 4.51. The molecule has 0 fully saturated rings. The molecule has 0 unspecified atom stereocenters. The molecule has 5 N–H and O–H groups in total. The highest BCUT2D eigenvalue weighted by molar-refractivity contribution is 6.00. The predicted octanol–water partition coefficient (Wildman–Crippen LogP) is 2.18. The smallest absolute Gasteiger partial charge is 0.323 e. The van der Waals surface area contributed by atoms with Crippen LogP contribution in [0.1, 0.15) is 0 Å². The highest BCUT2D eigenvalue weighted by Gasteiger charge is 2.15. The molecule has 0 radical (unpaired) electrons. The van der Waals surface area contributed by atoms with E-state index < -0.39 is 23.3 Å². The standard InChI is InChI=1S/C14H12N2O6/c17-9-3-8(4-10(18)13(9)19)16-14(20)15-7-1-2-11-12(5-7)22-6-21-11/h1-5,17-19H,6H2,(H2,15,16,20). The lowest BCUT2D eigenvalue weighted by molar-refractivity contribution is 0.174. The van der Waals surface area contributed by atoms with Crippen molar-refractivity contribution in [2.24, 2.45) is 0 Å². The van der Waals surface area contributed by atoms with E-state index in [1.807, 2.05) is 0 Å². The van der Waals surface area contributed by atoms with Crippen LogP contribution in [0, 0.1) is 0 Å². The summed E-state index contributed by atoms with van der Waals surface area (Å²) in [6.07, 6.45) is 0. The Hall–Kier alpha value is -3.29. The average Bonchev–Trinajstić information content (AvgIpc) is 2.92. The fraction of sp³-hybridized carbons (Fsp3) is 0.0714. The van der Waals surface area contributed by atoms with E-state index in [4.69, 9.17) is 9.47 Å². The molecule has 3 rings (SSSR count). The van der Waals surface area contributed by atoms with Crippen LogP contribution in [0.15, 0.2) is 30.3 Å². The van der Waals surface area contributed by atoms with Gasteiger partial charge in [-0.2, -0.15) is 0 Å². The minimum absolute atomic E-state index is 0.117. The number of nitrogens with one attached hydrogen (secondary N) is 2. The van der Waals surface area contributed by atoms with E-state index >= 15 is 0 Å². The maximum atomic E-state index is 11.9. The maximum Gasteiger partial charge on any atom is 0.323 e. The fourth-order valence-corrected chi connectivity index (χ4v) is 1.94. The Kier molecular flexibility index (Phi) is 3.26. The molecule has 22 heavy (non-hydrogen) atoms. The molecular weight excluding hydrogens is 292 g/mol. The number of phenols is 3. The molecule has 0 aromatic heterocycles. The molecule has 1 heterocycles. The van der Waals surface area contributed by atoms with E-state index in [2.05, 4.69) is 10.6 Å². The summed E-state index contributed by atoms with van der Waals surface area (Å²) in [7, 11) is 0. The van der Waals surface area contributed by atoms with Gasteiger partial charge >= 0.3 is 6.03 Å². The molecule has 2 aromatic rings. The quantitative estimate of drug-likeness (QED) is 0.428. The first-order valence-electron chi connectivity index (χ1n) is 6.25. The second-order valence-electron chi connectivity index (χ2n) is 4.51. The van der Waals surface area contributed by atoms with Crippen molar-refractivity contribution in [3.05, 3.63) is 30.3 Å². The fourth-order valence-electron chi connectivity index (χ4n) is 1.94. The minimum Gasteiger partial charge on any atom is -0.504 e. The zero-order chi connectivity index (χ0) is 15.7. The third-order valence-electron chi connectivity index (χ3n) is 2.96. The summed E-state index contributed by atoms with van der Waals surface area (Å²) in [5.74, 6) is -0.615. The number of rotatable bonds is 2. The van der Waals surface area contributed by atoms with E-state index in [0.29, 0.717) is 17.2 Å². The van der Waals surface area contributed by atoms with Gasteiger partial charge in [-0.05, 0) is 12.1 Å². The SMILES string of the molecule is O=C(Nc1cc(O)c(O)c(O)c1)Nc1ccc2c(c1)OCO2. The highest BCUT2D eigenvalue weighted by atomic mass is 16.7. The van der Waals surface area contributed by atoms with Gasteiger partial charge in [-0.1, -0.05) is 0 Å². The van der Waals surface area contributed by atoms with Gasteiger partial charge in [0.05, 0.1) is 5.69 Å². The summed E-state index contributed by atoms with van der Waals surface area (Å²) in [5.41, 5.74) is 0.597. The Labute approximate surface area is 124 Å². The summed E-state index contributed by atoms with van der Waals surface area (Å²) in [6, 6.07) is 6.52. The van der Waals surface area contributed by atoms with Gasteiger partial charge in [-0.15, -0.1) is 0 Å². The van der Waals surface area contributed by atoms with Crippen LogP contribution in [0.2, 0.25) is 0 Å². The first-order valence-corrected chi connectivity index (χ1v) is 6.25. The number of fused-ring (bicyclic) bond motifs is 1. The molecule has 0 spiro atoms. The molecule has 114 valence electrons. The van der Waals surface area contributed by atoms with Crippen molar-refractivity contribution in [3.8, 4) is 28.7 Å². The summed E-state index contributed by atoms with van der Waals surface area (Å²) in [5, 5.41) is 33.0. The van der Waals surface area contributed by atoms with E-state index in [-0.39, 0.29) is 12.5 Å². The molecule has 1 aliphatic rings. The summed E-state index contributed by atoms with van der Waals surface area (Å²) in [4.78, 5) is 11.9. The highest BCUT2D eigenvalue weighted by Crippen LogP contribution is 2.37. The number of hydrogen-bond donors (Lipinski definition) is 5. The summed E-state index contributed by atoms with van der Waals surface area (Å²) in [6.45, 7) is 0.136. The van der Waals surface area contributed by atoms with E-state index in [1.165, 1.54) is 0 Å². The number of benzene rings is 2. The average molecular weight is 304 g/mol. The van der Waals surface area contributed by atoms with Gasteiger partial charge in [-0.3, -0.25) is 0 Å². The first kappa shape index (κ1) is 13.7. The zero-order valence-electron chi connectivity index (χ0n) is 11.2. The summed E-state index contributed by atoms with van der Waals surface area (Å²) >= 11 is 0. The summed E-state index contributed by atoms with van der Waals surface area (Å²) < 4.78 is 10.4. The van der Waals surface area contributed by atoms with Crippen LogP contribution in [0.3, 0.4) is 0 Å². The van der Waals surface area contributed by atoms with Crippen molar-refractivity contribution in [2.45, 2.75) is 0 Å². The number of urea groups is 1. The second kappa shape index (κ2) is 5.24. The largest absolute Gasteiger partial charge is 0.504 e. The van der Waals surface area contributed by atoms with Gasteiger partial charge in [0.15, 0.2) is 28.7 Å². The van der Waals surface area contributed by atoms with E-state index in [0.717, 1.165) is 12.1 Å². The number of ether oxygens (including phenoxy) is 2. The third-order valence-corrected chi connectivity index (χ3v) is 2.96. The Morgan fingerprint density at radius 2 is 1.55 bits per heavy atom. The lowest BCUT2D eigenvalue weighted by atomic mass is 10.2. The number of amides is 2. The van der Waals surface area contributed by atoms with Crippen molar-refractivity contribution in [3.63, 3.8) is 0 Å². The Bertz CT molecular complexity index is 723. The minimum atomic E-state index is -0.651. The number of phenolic OH excluding ortho intramolecular Hbond substituents is 3. The van der Waals surface area contributed by atoms with Crippen molar-refractivity contribution in [1.29, 1.82) is 0 Å². The van der Waals surface area contributed by atoms with Crippen molar-refractivity contribution in [2.75, 3.05) is 17.4 Å². The number of hydrogen-bond acceptors (Lipinski definition) is 6. The van der Waals surface area contributed by atoms with Gasteiger partial charge in [0.1, 0.15) is 0 Å². The van der Waals surface area contributed by atoms with Crippen molar-refractivity contribution < 1.29 is 29.6 Å². The molecule has 8 nitrogen and oxygen atoms in total. The Morgan fingerprint density at radius 3 is 2.27 bits per heavy atom. The van der Waals surface area contributed by atoms with Gasteiger partial charge in [0.2, 0.25) is 6.79 Å². The van der Waals surface area contributed by atoms with Gasteiger partial charge in [0.25, 0.3) is 0 Å². The lowest BCUT2D eigenvalue weighted by Gasteiger charge is -2.09. The Balaban J connectivity index is 1.70. The van der Waals surface area contributed by atoms with Crippen molar-refractivity contribution >= 4 is 17.4 Å². The van der Waals surface area contributed by atoms with Crippen LogP contribution < -0.4 is 20.1 Å². The molecule has 1 aliphatic heterocycles. The third kappa shape index (κ3) is 2.62. The molecule has 8 heteroatoms. The molecule has 0 aliphatic carbocycles. The monoisotopic (exact) mass is 304 g/mol. The van der Waals surface area contributed by atoms with Crippen LogP contribution in [0.4, 0.5) is 16.2 Å². The molecule has 0 bridgehead atoms. The van der Waals surface area contributed by atoms with Crippen LogP contribution in [0.5, 0.6) is 28.7 Å². The van der Waals surface area contributed by atoms with Gasteiger partial charge in [0, 0.05) is 23.9 Å². The lowest BCUT2D eigenvalue weighted by Crippen LogP contribution is -2.19. The normalized spacial score (nSPS) is 12.0. The predicted molar refractivity (Wildman–Crippen MR) is 76.6 cm³/mol. The molecular formula is C14H12N2O6. The molecule has 0 atom stereocenters. The van der Waals surface area contributed by atoms with Crippen LogP contribution in [0.25, 0.3) is 0 Å². The molecule has 2 aromatic carbocycles. The van der Waals surface area contributed by atoms with Gasteiger partial charge in [-0.25, -0.2) is 4.79 Å². The van der Waals surface area contributed by atoms with Crippen molar-refractivity contribution in [1.82, 2.24) is 0 Å². The van der Waals surface area contributed by atoms with Crippen LogP contribution in [-0.2, 0) is 0 Å². The van der Waals surface area contributed by atoms with E-state index in [1.54, 1.807) is 18.2 Å². The van der Waals surface area contributed by atoms with Crippen LogP contribution >= 0.6 is 0 Å². The number of aromatic hydroxyl groups is 3. The molecule has 2 amide bonds. The number of carbonyl (C=O) groups is 1. The number of anilines is 2. The van der Waals surface area contributed by atoms with Crippen LogP contribution in [-0.4, -0.2) is 28.1 Å². The van der Waals surface area contributed by atoms with E-state index in [9.17, 15) is 20.1 Å². The topological polar surface area (TPSA) is 120 Å². The number of carbonyl (C=O) groups excluding carboxylic acids is 1. The molecule has 0 saturated heterocycles. The maximum absolute atomic E-state index is 11.9. The first-order chi connectivity index (χ1) is 10.5. The van der Waals surface area contributed by atoms with Gasteiger partial charge < -0.3 is 35.4 Å². The molecule has 0 saturated carbocycles. The Morgan fingerprint density at radius 1 is 0.909 bits per heavy atom.